The normalized spacial score (nSPS) is 11.3. The van der Waals surface area contributed by atoms with Crippen molar-refractivity contribution in [1.29, 1.82) is 0 Å². The van der Waals surface area contributed by atoms with Crippen LogP contribution in [0.1, 0.15) is 0 Å². The molecule has 0 saturated heterocycles. The second-order valence-corrected chi connectivity index (χ2v) is 9.33. The Balaban J connectivity index is 0.000000240. The first-order valence-corrected chi connectivity index (χ1v) is 11.9. The van der Waals surface area contributed by atoms with Crippen molar-refractivity contribution < 1.29 is 35.8 Å². The first kappa shape index (κ1) is 28.0. The molecule has 176 valence electrons. The molecule has 0 fully saturated rings. The second-order valence-electron chi connectivity index (χ2n) is 6.69. The third kappa shape index (κ3) is 6.08. The number of nitro benzene ring substituents is 2. The summed E-state index contributed by atoms with van der Waals surface area (Å²) in [6, 6.07) is 17.1. The third-order valence-corrected chi connectivity index (χ3v) is 6.47. The zero-order valence-electron chi connectivity index (χ0n) is 17.4. The molecule has 4 rings (SSSR count). The fourth-order valence-corrected chi connectivity index (χ4v) is 4.98. The summed E-state index contributed by atoms with van der Waals surface area (Å²) in [5.74, 6) is 0. The van der Waals surface area contributed by atoms with E-state index in [0.717, 1.165) is 12.1 Å². The van der Waals surface area contributed by atoms with Crippen LogP contribution in [0.15, 0.2) is 82.6 Å². The number of rotatable bonds is 4. The molecular formula is C20H12MgN2O10S2. The molecule has 0 N–H and O–H groups in total. The van der Waals surface area contributed by atoms with Crippen LogP contribution < -0.4 is 0 Å². The topological polar surface area (TPSA) is 201 Å². The van der Waals surface area contributed by atoms with Gasteiger partial charge in [-0.1, -0.05) is 48.5 Å². The van der Waals surface area contributed by atoms with Crippen molar-refractivity contribution in [3.8, 4) is 0 Å². The fourth-order valence-electron chi connectivity index (χ4n) is 3.28. The van der Waals surface area contributed by atoms with Crippen LogP contribution in [-0.4, -0.2) is 58.8 Å². The quantitative estimate of drug-likeness (QED) is 0.164. The maximum atomic E-state index is 11.1. The van der Waals surface area contributed by atoms with Gasteiger partial charge in [-0.25, -0.2) is 16.8 Å². The molecule has 0 bridgehead atoms. The van der Waals surface area contributed by atoms with Crippen molar-refractivity contribution in [2.45, 2.75) is 9.79 Å². The minimum atomic E-state index is -4.90. The molecule has 0 radical (unpaired) electrons. The van der Waals surface area contributed by atoms with Crippen LogP contribution in [0.2, 0.25) is 0 Å². The fraction of sp³-hybridized carbons (Fsp3) is 0. The Morgan fingerprint density at radius 1 is 0.543 bits per heavy atom. The van der Waals surface area contributed by atoms with E-state index in [0.29, 0.717) is 10.8 Å². The number of benzene rings is 4. The van der Waals surface area contributed by atoms with Gasteiger partial charge in [0.05, 0.1) is 9.85 Å². The molecule has 0 heterocycles. The standard InChI is InChI=1S/2C10H7NO5S.Mg/c2*12-11(13)9-6-5-7-3-1-2-4-8(7)10(9)17(14,15)16;/h2*1-6H,(H,14,15,16);/q;;+2/p-2. The molecule has 0 aliphatic carbocycles. The molecule has 0 aliphatic rings. The van der Waals surface area contributed by atoms with Gasteiger partial charge in [-0.15, -0.1) is 0 Å². The first-order valence-electron chi connectivity index (χ1n) is 9.06. The minimum absolute atomic E-state index is 0. The van der Waals surface area contributed by atoms with E-state index in [1.165, 1.54) is 36.4 Å². The van der Waals surface area contributed by atoms with Gasteiger partial charge in [-0.2, -0.15) is 0 Å². The first-order chi connectivity index (χ1) is 15.8. The summed E-state index contributed by atoms with van der Waals surface area (Å²) in [6.45, 7) is 0. The summed E-state index contributed by atoms with van der Waals surface area (Å²) in [5, 5.41) is 22.5. The molecule has 0 unspecified atom stereocenters. The van der Waals surface area contributed by atoms with E-state index >= 15 is 0 Å². The molecule has 12 nitrogen and oxygen atoms in total. The summed E-state index contributed by atoms with van der Waals surface area (Å²) < 4.78 is 66.7. The van der Waals surface area contributed by atoms with E-state index < -0.39 is 51.2 Å². The Morgan fingerprint density at radius 2 is 0.857 bits per heavy atom. The molecule has 0 aromatic heterocycles. The van der Waals surface area contributed by atoms with E-state index in [1.54, 1.807) is 24.3 Å². The molecule has 0 saturated carbocycles. The number of nitrogens with zero attached hydrogens (tertiary/aromatic N) is 2. The SMILES string of the molecule is O=[N+]([O-])c1ccc2ccccc2c1S(=O)(=O)[O-].O=[N+]([O-])c1ccc2ccccc2c1S(=O)(=O)[O-].[Mg+2]. The Bertz CT molecular complexity index is 1550. The Morgan fingerprint density at radius 3 is 1.14 bits per heavy atom. The van der Waals surface area contributed by atoms with E-state index in [4.69, 9.17) is 0 Å². The molecule has 15 heteroatoms. The van der Waals surface area contributed by atoms with Gasteiger partial charge in [-0.05, 0) is 22.9 Å². The molecule has 35 heavy (non-hydrogen) atoms. The van der Waals surface area contributed by atoms with Crippen molar-refractivity contribution in [3.05, 3.63) is 93.0 Å². The van der Waals surface area contributed by atoms with Crippen molar-refractivity contribution in [3.63, 3.8) is 0 Å². The average Bonchev–Trinajstić information content (AvgIpc) is 2.76. The molecule has 0 aliphatic heterocycles. The van der Waals surface area contributed by atoms with Crippen molar-refractivity contribution >= 4 is 76.2 Å². The third-order valence-electron chi connectivity index (χ3n) is 4.61. The predicted molar refractivity (Wildman–Crippen MR) is 123 cm³/mol. The maximum Gasteiger partial charge on any atom is 2.00 e. The van der Waals surface area contributed by atoms with Gasteiger partial charge in [0.15, 0.2) is 0 Å². The van der Waals surface area contributed by atoms with E-state index in [1.807, 2.05) is 0 Å². The van der Waals surface area contributed by atoms with Crippen LogP contribution in [0.25, 0.3) is 21.5 Å². The molecule has 0 atom stereocenters. The predicted octanol–water partition coefficient (Wildman–Crippen LogP) is 2.92. The Labute approximate surface area is 214 Å². The minimum Gasteiger partial charge on any atom is -0.744 e. The van der Waals surface area contributed by atoms with E-state index in [-0.39, 0.29) is 33.8 Å². The molecule has 0 spiro atoms. The van der Waals surface area contributed by atoms with Gasteiger partial charge >= 0.3 is 23.1 Å². The summed E-state index contributed by atoms with van der Waals surface area (Å²) >= 11 is 0. The number of hydrogen-bond acceptors (Lipinski definition) is 10. The second kappa shape index (κ2) is 10.6. The summed E-state index contributed by atoms with van der Waals surface area (Å²) in [6.07, 6.45) is 0. The van der Waals surface area contributed by atoms with Crippen LogP contribution in [0.4, 0.5) is 11.4 Å². The van der Waals surface area contributed by atoms with Crippen molar-refractivity contribution in [1.82, 2.24) is 0 Å². The maximum absolute atomic E-state index is 11.1. The number of nitro groups is 2. The number of fused-ring (bicyclic) bond motifs is 2. The van der Waals surface area contributed by atoms with Crippen molar-refractivity contribution in [2.24, 2.45) is 0 Å². The largest absolute Gasteiger partial charge is 2.00 e. The zero-order chi connectivity index (χ0) is 25.3. The van der Waals surface area contributed by atoms with Gasteiger partial charge < -0.3 is 9.11 Å². The van der Waals surface area contributed by atoms with Crippen molar-refractivity contribution in [2.75, 3.05) is 0 Å². The Hall–Kier alpha value is -3.21. The van der Waals surface area contributed by atoms with Gasteiger partial charge in [-0.3, -0.25) is 20.2 Å². The molecule has 4 aromatic carbocycles. The van der Waals surface area contributed by atoms with Gasteiger partial charge in [0.2, 0.25) is 0 Å². The van der Waals surface area contributed by atoms with E-state index in [2.05, 4.69) is 0 Å². The zero-order valence-corrected chi connectivity index (χ0v) is 20.5. The van der Waals surface area contributed by atoms with Gasteiger partial charge in [0, 0.05) is 22.9 Å². The van der Waals surface area contributed by atoms with Crippen LogP contribution >= 0.6 is 0 Å². The summed E-state index contributed by atoms with van der Waals surface area (Å²) in [5.41, 5.74) is -1.39. The average molecular weight is 529 g/mol. The van der Waals surface area contributed by atoms with Crippen LogP contribution in [0.3, 0.4) is 0 Å². The van der Waals surface area contributed by atoms with E-state index in [9.17, 15) is 46.2 Å². The smallest absolute Gasteiger partial charge is 0.744 e. The molecule has 4 aromatic rings. The van der Waals surface area contributed by atoms with Crippen LogP contribution in [-0.2, 0) is 20.2 Å². The summed E-state index contributed by atoms with van der Waals surface area (Å²) in [7, 11) is -9.79. The Kier molecular flexibility index (Phi) is 8.48. The van der Waals surface area contributed by atoms with Crippen LogP contribution in [0.5, 0.6) is 0 Å². The summed E-state index contributed by atoms with van der Waals surface area (Å²) in [4.78, 5) is 18.1. The molecular weight excluding hydrogens is 517 g/mol. The van der Waals surface area contributed by atoms with Gasteiger partial charge in [0.1, 0.15) is 30.0 Å². The number of hydrogen-bond donors (Lipinski definition) is 0. The molecule has 0 amide bonds. The monoisotopic (exact) mass is 528 g/mol. The van der Waals surface area contributed by atoms with Gasteiger partial charge in [0.25, 0.3) is 11.4 Å². The van der Waals surface area contributed by atoms with Crippen LogP contribution in [0, 0.1) is 20.2 Å².